The monoisotopic (exact) mass is 329 g/mol. The molecule has 0 bridgehead atoms. The van der Waals surface area contributed by atoms with Crippen molar-refractivity contribution in [2.45, 2.75) is 50.1 Å². The van der Waals surface area contributed by atoms with E-state index in [1.54, 1.807) is 0 Å². The molecule has 6 nitrogen and oxygen atoms in total. The van der Waals surface area contributed by atoms with Gasteiger partial charge in [0.05, 0.1) is 0 Å². The van der Waals surface area contributed by atoms with Crippen LogP contribution in [0.25, 0.3) is 0 Å². The molecule has 19 heavy (non-hydrogen) atoms. The van der Waals surface area contributed by atoms with Crippen molar-refractivity contribution in [3.8, 4) is 0 Å². The Labute approximate surface area is 121 Å². The van der Waals surface area contributed by atoms with Gasteiger partial charge in [0.15, 0.2) is 11.0 Å². The van der Waals surface area contributed by atoms with E-state index in [1.807, 2.05) is 6.92 Å². The number of nitrogens with one attached hydrogen (secondary N) is 1. The summed E-state index contributed by atoms with van der Waals surface area (Å²) in [7, 11) is 0. The number of amides is 1. The molecule has 0 saturated heterocycles. The number of hydrogen-bond acceptors (Lipinski definition) is 5. The standard InChI is InChI=1S/C12H20BrN5O/c1-4-6-18(7-5-2)11-14-9(19)8-12(3,15-11)10(13)17-16-8/h8,10H,4-7H2,1-3H3,(H,14,15,19). The average Bonchev–Trinajstić information content (AvgIpc) is 2.66. The summed E-state index contributed by atoms with van der Waals surface area (Å²) in [5, 5.41) is 10.9. The minimum Gasteiger partial charge on any atom is -0.343 e. The summed E-state index contributed by atoms with van der Waals surface area (Å²) in [5.41, 5.74) is -0.614. The first-order chi connectivity index (χ1) is 9.02. The number of azo groups is 1. The van der Waals surface area contributed by atoms with Crippen LogP contribution in [0.3, 0.4) is 0 Å². The summed E-state index contributed by atoms with van der Waals surface area (Å²) >= 11 is 3.45. The van der Waals surface area contributed by atoms with Gasteiger partial charge in [0.25, 0.3) is 5.91 Å². The van der Waals surface area contributed by atoms with Gasteiger partial charge in [-0.15, -0.1) is 0 Å². The first kappa shape index (κ1) is 14.4. The lowest BCUT2D eigenvalue weighted by Gasteiger charge is -2.36. The number of alkyl halides is 1. The fourth-order valence-electron chi connectivity index (χ4n) is 2.37. The summed E-state index contributed by atoms with van der Waals surface area (Å²) in [6.45, 7) is 7.92. The maximum atomic E-state index is 12.2. The number of hydrogen-bond donors (Lipinski definition) is 1. The normalized spacial score (nSPS) is 32.8. The first-order valence-corrected chi connectivity index (χ1v) is 7.64. The Balaban J connectivity index is 2.29. The largest absolute Gasteiger partial charge is 0.343 e. The van der Waals surface area contributed by atoms with Crippen LogP contribution in [-0.2, 0) is 4.79 Å². The fraction of sp³-hybridized carbons (Fsp3) is 0.833. The zero-order chi connectivity index (χ0) is 14.0. The lowest BCUT2D eigenvalue weighted by atomic mass is 9.93. The van der Waals surface area contributed by atoms with E-state index in [1.165, 1.54) is 0 Å². The summed E-state index contributed by atoms with van der Waals surface area (Å²) < 4.78 is 0. The molecule has 1 amide bonds. The van der Waals surface area contributed by atoms with Crippen LogP contribution in [0.5, 0.6) is 0 Å². The second-order valence-electron chi connectivity index (χ2n) is 5.11. The molecule has 0 aromatic heterocycles. The van der Waals surface area contributed by atoms with Crippen LogP contribution in [0.2, 0.25) is 0 Å². The van der Waals surface area contributed by atoms with E-state index >= 15 is 0 Å². The lowest BCUT2D eigenvalue weighted by molar-refractivity contribution is -0.122. The number of carbonyl (C=O) groups excluding carboxylic acids is 1. The van der Waals surface area contributed by atoms with Gasteiger partial charge in [-0.05, 0) is 19.8 Å². The maximum Gasteiger partial charge on any atom is 0.256 e. The SMILES string of the molecule is CCCN(CCC)C1=NC2(C)C(Br)N=NC2C(=O)N1. The minimum atomic E-state index is -0.614. The van der Waals surface area contributed by atoms with Gasteiger partial charge in [0.1, 0.15) is 5.54 Å². The van der Waals surface area contributed by atoms with Crippen LogP contribution in [0.1, 0.15) is 33.6 Å². The molecule has 0 aliphatic carbocycles. The van der Waals surface area contributed by atoms with Crippen LogP contribution in [-0.4, -0.2) is 46.4 Å². The number of aliphatic imine (C=N–C) groups is 1. The molecule has 0 aromatic carbocycles. The Kier molecular flexibility index (Phi) is 4.23. The van der Waals surface area contributed by atoms with Crippen LogP contribution in [0.15, 0.2) is 15.2 Å². The quantitative estimate of drug-likeness (QED) is 0.632. The lowest BCUT2D eigenvalue weighted by Crippen LogP contribution is -2.59. The van der Waals surface area contributed by atoms with Crippen LogP contribution in [0.4, 0.5) is 0 Å². The molecule has 1 N–H and O–H groups in total. The molecule has 0 fully saturated rings. The summed E-state index contributed by atoms with van der Waals surface area (Å²) in [5.74, 6) is 0.541. The van der Waals surface area contributed by atoms with E-state index in [9.17, 15) is 4.79 Å². The molecule has 2 aliphatic rings. The third-order valence-corrected chi connectivity index (χ3v) is 4.55. The third-order valence-electron chi connectivity index (χ3n) is 3.44. The third kappa shape index (κ3) is 2.52. The Bertz CT molecular complexity index is 418. The smallest absolute Gasteiger partial charge is 0.256 e. The second-order valence-corrected chi connectivity index (χ2v) is 5.97. The maximum absolute atomic E-state index is 12.2. The van der Waals surface area contributed by atoms with Gasteiger partial charge in [0.2, 0.25) is 5.96 Å². The van der Waals surface area contributed by atoms with Crippen molar-refractivity contribution in [2.24, 2.45) is 15.2 Å². The van der Waals surface area contributed by atoms with E-state index in [4.69, 9.17) is 4.99 Å². The molecule has 0 saturated carbocycles. The molecule has 7 heteroatoms. The molecule has 2 aliphatic heterocycles. The van der Waals surface area contributed by atoms with Gasteiger partial charge in [-0.3, -0.25) is 10.1 Å². The highest BCUT2D eigenvalue weighted by atomic mass is 79.9. The van der Waals surface area contributed by atoms with Gasteiger partial charge in [-0.2, -0.15) is 10.2 Å². The van der Waals surface area contributed by atoms with Gasteiger partial charge < -0.3 is 4.90 Å². The van der Waals surface area contributed by atoms with Crippen molar-refractivity contribution >= 4 is 27.8 Å². The number of carbonyl (C=O) groups is 1. The van der Waals surface area contributed by atoms with E-state index < -0.39 is 11.6 Å². The zero-order valence-corrected chi connectivity index (χ0v) is 13.1. The Morgan fingerprint density at radius 2 is 1.95 bits per heavy atom. The Morgan fingerprint density at radius 1 is 1.32 bits per heavy atom. The molecule has 0 aromatic rings. The zero-order valence-electron chi connectivity index (χ0n) is 11.6. The fourth-order valence-corrected chi connectivity index (χ4v) is 2.83. The van der Waals surface area contributed by atoms with Gasteiger partial charge in [0, 0.05) is 13.1 Å². The van der Waals surface area contributed by atoms with Crippen molar-refractivity contribution in [1.82, 2.24) is 10.2 Å². The van der Waals surface area contributed by atoms with E-state index in [-0.39, 0.29) is 10.9 Å². The van der Waals surface area contributed by atoms with Crippen LogP contribution in [0, 0.1) is 0 Å². The van der Waals surface area contributed by atoms with E-state index in [2.05, 4.69) is 50.2 Å². The van der Waals surface area contributed by atoms with E-state index in [0.717, 1.165) is 25.9 Å². The average molecular weight is 330 g/mol. The van der Waals surface area contributed by atoms with Gasteiger partial charge in [-0.1, -0.05) is 29.8 Å². The van der Waals surface area contributed by atoms with Crippen molar-refractivity contribution < 1.29 is 4.79 Å². The molecular weight excluding hydrogens is 310 g/mol. The molecule has 0 spiro atoms. The highest BCUT2D eigenvalue weighted by Gasteiger charge is 2.52. The van der Waals surface area contributed by atoms with Crippen molar-refractivity contribution in [1.29, 1.82) is 0 Å². The molecular formula is C12H20BrN5O. The van der Waals surface area contributed by atoms with Gasteiger partial charge >= 0.3 is 0 Å². The predicted molar refractivity (Wildman–Crippen MR) is 77.5 cm³/mol. The van der Waals surface area contributed by atoms with Gasteiger partial charge in [-0.25, -0.2) is 4.99 Å². The number of rotatable bonds is 4. The molecule has 0 radical (unpaired) electrons. The van der Waals surface area contributed by atoms with E-state index in [0.29, 0.717) is 5.96 Å². The van der Waals surface area contributed by atoms with Crippen LogP contribution < -0.4 is 5.32 Å². The topological polar surface area (TPSA) is 69.4 Å². The Morgan fingerprint density at radius 3 is 2.53 bits per heavy atom. The van der Waals surface area contributed by atoms with Crippen molar-refractivity contribution in [3.63, 3.8) is 0 Å². The molecule has 2 heterocycles. The number of guanidine groups is 1. The minimum absolute atomic E-state index is 0.115. The van der Waals surface area contributed by atoms with Crippen LogP contribution >= 0.6 is 15.9 Å². The number of nitrogens with zero attached hydrogens (tertiary/aromatic N) is 4. The Hall–Kier alpha value is -0.980. The molecule has 3 unspecified atom stereocenters. The molecule has 3 atom stereocenters. The first-order valence-electron chi connectivity index (χ1n) is 6.72. The molecule has 106 valence electrons. The second kappa shape index (κ2) is 5.56. The highest BCUT2D eigenvalue weighted by molar-refractivity contribution is 9.09. The summed E-state index contributed by atoms with van der Waals surface area (Å²) in [6, 6.07) is -0.522. The predicted octanol–water partition coefficient (Wildman–Crippen LogP) is 1.91. The summed E-state index contributed by atoms with van der Waals surface area (Å²) in [4.78, 5) is 18.8. The van der Waals surface area contributed by atoms with Crippen molar-refractivity contribution in [2.75, 3.05) is 13.1 Å². The highest BCUT2D eigenvalue weighted by Crippen LogP contribution is 2.37. The number of fused-ring (bicyclic) bond motifs is 1. The number of halogens is 1. The summed E-state index contributed by atoms with van der Waals surface area (Å²) in [6.07, 6.45) is 2.03. The molecule has 2 rings (SSSR count). The van der Waals surface area contributed by atoms with Crippen molar-refractivity contribution in [3.05, 3.63) is 0 Å².